The molecule has 2 aromatic rings. The molecule has 1 atom stereocenters. The van der Waals surface area contributed by atoms with Crippen LogP contribution < -0.4 is 9.80 Å². The summed E-state index contributed by atoms with van der Waals surface area (Å²) in [5, 5.41) is 16.5. The average Bonchev–Trinajstić information content (AvgIpc) is 3.29. The molecule has 152 valence electrons. The second-order valence-electron chi connectivity index (χ2n) is 7.80. The van der Waals surface area contributed by atoms with Crippen LogP contribution in [0.2, 0.25) is 0 Å². The highest BCUT2D eigenvalue weighted by molar-refractivity contribution is 5.62. The molecule has 2 fully saturated rings. The molecule has 1 unspecified atom stereocenters. The van der Waals surface area contributed by atoms with Crippen molar-refractivity contribution in [1.82, 2.24) is 25.1 Å². The largest absolute Gasteiger partial charge is 0.396 e. The molecule has 8 heteroatoms. The standard InChI is InChI=1S/C20H31N7O/c1-2-18(17-13-23-24-14-17)25-9-11-27(12-10-25)20-19(21-5-6-22-20)26-7-3-16(15-28)4-8-26/h5-6,13-14,16,18,28H,2-4,7-12,15H2,1H3,(H,23,24). The summed E-state index contributed by atoms with van der Waals surface area (Å²) in [6.45, 7) is 8.32. The molecule has 0 aliphatic carbocycles. The molecular formula is C20H31N7O. The lowest BCUT2D eigenvalue weighted by molar-refractivity contribution is 0.181. The Hall–Kier alpha value is -2.19. The van der Waals surface area contributed by atoms with E-state index in [0.29, 0.717) is 18.6 Å². The zero-order valence-electron chi connectivity index (χ0n) is 16.7. The van der Waals surface area contributed by atoms with Crippen molar-refractivity contribution >= 4 is 11.6 Å². The summed E-state index contributed by atoms with van der Waals surface area (Å²) in [5.74, 6) is 2.42. The van der Waals surface area contributed by atoms with Gasteiger partial charge in [0.05, 0.1) is 6.20 Å². The van der Waals surface area contributed by atoms with Crippen LogP contribution in [0, 0.1) is 5.92 Å². The van der Waals surface area contributed by atoms with Gasteiger partial charge in [-0.1, -0.05) is 6.92 Å². The third-order valence-corrected chi connectivity index (χ3v) is 6.18. The number of aliphatic hydroxyl groups excluding tert-OH is 1. The molecule has 28 heavy (non-hydrogen) atoms. The van der Waals surface area contributed by atoms with Gasteiger partial charge in [0, 0.05) is 76.1 Å². The van der Waals surface area contributed by atoms with Crippen molar-refractivity contribution < 1.29 is 5.11 Å². The molecule has 0 amide bonds. The van der Waals surface area contributed by atoms with Gasteiger partial charge in [0.15, 0.2) is 11.6 Å². The van der Waals surface area contributed by atoms with Crippen molar-refractivity contribution in [2.75, 3.05) is 55.7 Å². The fourth-order valence-corrected chi connectivity index (χ4v) is 4.49. The van der Waals surface area contributed by atoms with Gasteiger partial charge in [0.1, 0.15) is 0 Å². The van der Waals surface area contributed by atoms with Gasteiger partial charge < -0.3 is 14.9 Å². The minimum atomic E-state index is 0.290. The SMILES string of the molecule is CCC(c1cn[nH]c1)N1CCN(c2nccnc2N2CCC(CO)CC2)CC1. The minimum Gasteiger partial charge on any atom is -0.396 e. The molecule has 0 spiro atoms. The molecule has 0 saturated carbocycles. The predicted octanol–water partition coefficient (Wildman–Crippen LogP) is 1.68. The molecule has 2 aromatic heterocycles. The van der Waals surface area contributed by atoms with Crippen LogP contribution in [0.4, 0.5) is 11.6 Å². The lowest BCUT2D eigenvalue weighted by Gasteiger charge is -2.40. The van der Waals surface area contributed by atoms with Crippen molar-refractivity contribution in [1.29, 1.82) is 0 Å². The molecule has 2 aliphatic rings. The Morgan fingerprint density at radius 2 is 1.68 bits per heavy atom. The van der Waals surface area contributed by atoms with Crippen LogP contribution in [0.25, 0.3) is 0 Å². The van der Waals surface area contributed by atoms with Gasteiger partial charge in [-0.25, -0.2) is 9.97 Å². The van der Waals surface area contributed by atoms with E-state index in [1.807, 2.05) is 12.4 Å². The number of anilines is 2. The van der Waals surface area contributed by atoms with Crippen LogP contribution in [-0.2, 0) is 0 Å². The third-order valence-electron chi connectivity index (χ3n) is 6.18. The number of rotatable bonds is 6. The van der Waals surface area contributed by atoms with E-state index in [4.69, 9.17) is 4.98 Å². The monoisotopic (exact) mass is 385 g/mol. The van der Waals surface area contributed by atoms with Crippen molar-refractivity contribution in [2.45, 2.75) is 32.2 Å². The number of aromatic nitrogens is 4. The topological polar surface area (TPSA) is 84.4 Å². The quantitative estimate of drug-likeness (QED) is 0.783. The highest BCUT2D eigenvalue weighted by Crippen LogP contribution is 2.31. The zero-order valence-corrected chi connectivity index (χ0v) is 16.7. The van der Waals surface area contributed by atoms with Gasteiger partial charge in [-0.3, -0.25) is 10.00 Å². The van der Waals surface area contributed by atoms with Crippen LogP contribution in [0.15, 0.2) is 24.8 Å². The molecular weight excluding hydrogens is 354 g/mol. The Balaban J connectivity index is 1.42. The molecule has 2 N–H and O–H groups in total. The summed E-state index contributed by atoms with van der Waals surface area (Å²) in [7, 11) is 0. The Bertz CT molecular complexity index is 722. The van der Waals surface area contributed by atoms with E-state index in [1.165, 1.54) is 5.56 Å². The molecule has 8 nitrogen and oxygen atoms in total. The number of piperazine rings is 1. The van der Waals surface area contributed by atoms with E-state index in [0.717, 1.165) is 70.2 Å². The maximum absolute atomic E-state index is 9.40. The van der Waals surface area contributed by atoms with E-state index in [2.05, 4.69) is 36.8 Å². The molecule has 2 aliphatic heterocycles. The lowest BCUT2D eigenvalue weighted by atomic mass is 9.98. The van der Waals surface area contributed by atoms with Gasteiger partial charge in [-0.05, 0) is 25.2 Å². The number of nitrogens with one attached hydrogen (secondary N) is 1. The fraction of sp³-hybridized carbons (Fsp3) is 0.650. The first-order chi connectivity index (χ1) is 13.8. The van der Waals surface area contributed by atoms with Crippen LogP contribution in [0.1, 0.15) is 37.8 Å². The van der Waals surface area contributed by atoms with Gasteiger partial charge in [-0.2, -0.15) is 5.10 Å². The number of hydrogen-bond donors (Lipinski definition) is 2. The summed E-state index contributed by atoms with van der Waals surface area (Å²) in [6.07, 6.45) is 10.7. The van der Waals surface area contributed by atoms with Crippen molar-refractivity contribution in [3.8, 4) is 0 Å². The van der Waals surface area contributed by atoms with Crippen LogP contribution in [-0.4, -0.2) is 76.0 Å². The highest BCUT2D eigenvalue weighted by Gasteiger charge is 2.28. The van der Waals surface area contributed by atoms with Crippen LogP contribution in [0.5, 0.6) is 0 Å². The van der Waals surface area contributed by atoms with E-state index in [9.17, 15) is 5.11 Å². The van der Waals surface area contributed by atoms with Crippen molar-refractivity contribution in [3.63, 3.8) is 0 Å². The van der Waals surface area contributed by atoms with Gasteiger partial charge in [-0.15, -0.1) is 0 Å². The number of hydrogen-bond acceptors (Lipinski definition) is 7. The molecule has 0 aromatic carbocycles. The normalized spacial score (nSPS) is 20.5. The average molecular weight is 386 g/mol. The predicted molar refractivity (Wildman–Crippen MR) is 109 cm³/mol. The second-order valence-corrected chi connectivity index (χ2v) is 7.80. The zero-order chi connectivity index (χ0) is 19.3. The number of piperidine rings is 1. The minimum absolute atomic E-state index is 0.290. The number of aliphatic hydroxyl groups is 1. The Morgan fingerprint density at radius 1 is 1.04 bits per heavy atom. The number of aromatic amines is 1. The summed E-state index contributed by atoms with van der Waals surface area (Å²) < 4.78 is 0. The van der Waals surface area contributed by atoms with Crippen molar-refractivity contribution in [3.05, 3.63) is 30.4 Å². The Labute approximate surface area is 166 Å². The fourth-order valence-electron chi connectivity index (χ4n) is 4.49. The number of nitrogens with zero attached hydrogens (tertiary/aromatic N) is 6. The van der Waals surface area contributed by atoms with E-state index < -0.39 is 0 Å². The first-order valence-electron chi connectivity index (χ1n) is 10.4. The molecule has 0 radical (unpaired) electrons. The van der Waals surface area contributed by atoms with Crippen LogP contribution in [0.3, 0.4) is 0 Å². The summed E-state index contributed by atoms with van der Waals surface area (Å²) in [6, 6.07) is 0.416. The van der Waals surface area contributed by atoms with E-state index >= 15 is 0 Å². The van der Waals surface area contributed by atoms with Gasteiger partial charge in [0.25, 0.3) is 0 Å². The smallest absolute Gasteiger partial charge is 0.172 e. The third kappa shape index (κ3) is 3.98. The summed E-state index contributed by atoms with van der Waals surface area (Å²) in [4.78, 5) is 16.6. The van der Waals surface area contributed by atoms with Gasteiger partial charge in [0.2, 0.25) is 0 Å². The van der Waals surface area contributed by atoms with Crippen LogP contribution >= 0.6 is 0 Å². The lowest BCUT2D eigenvalue weighted by Crippen LogP contribution is -2.48. The summed E-state index contributed by atoms with van der Waals surface area (Å²) in [5.41, 5.74) is 1.27. The molecule has 0 bridgehead atoms. The Kier molecular flexibility index (Phi) is 6.07. The first-order valence-corrected chi connectivity index (χ1v) is 10.4. The molecule has 4 heterocycles. The second kappa shape index (κ2) is 8.87. The van der Waals surface area contributed by atoms with Crippen molar-refractivity contribution in [2.24, 2.45) is 5.92 Å². The summed E-state index contributed by atoms with van der Waals surface area (Å²) >= 11 is 0. The Morgan fingerprint density at radius 3 is 2.21 bits per heavy atom. The first kappa shape index (κ1) is 19.1. The van der Waals surface area contributed by atoms with E-state index in [-0.39, 0.29) is 0 Å². The maximum atomic E-state index is 9.40. The highest BCUT2D eigenvalue weighted by atomic mass is 16.3. The van der Waals surface area contributed by atoms with Gasteiger partial charge >= 0.3 is 0 Å². The molecule has 2 saturated heterocycles. The van der Waals surface area contributed by atoms with E-state index in [1.54, 1.807) is 12.4 Å². The molecule has 4 rings (SSSR count). The maximum Gasteiger partial charge on any atom is 0.172 e. The number of H-pyrrole nitrogens is 1.